The highest BCUT2D eigenvalue weighted by atomic mass is 16.5. The van der Waals surface area contributed by atoms with E-state index in [4.69, 9.17) is 10.00 Å². The topological polar surface area (TPSA) is 62.1 Å². The second kappa shape index (κ2) is 6.92. The van der Waals surface area contributed by atoms with Gasteiger partial charge in [0, 0.05) is 17.8 Å². The molecule has 0 unspecified atom stereocenters. The van der Waals surface area contributed by atoms with Crippen molar-refractivity contribution >= 4 is 11.5 Å². The van der Waals surface area contributed by atoms with E-state index in [0.29, 0.717) is 22.6 Å². The third kappa shape index (κ3) is 3.71. The normalized spacial score (nSPS) is 10.1. The molecule has 0 aliphatic rings. The summed E-state index contributed by atoms with van der Waals surface area (Å²) < 4.78 is 5.04. The summed E-state index contributed by atoms with van der Waals surface area (Å²) in [6.07, 6.45) is 2.96. The Balaban J connectivity index is 2.03. The van der Waals surface area contributed by atoms with Gasteiger partial charge in [-0.15, -0.1) is 0 Å². The van der Waals surface area contributed by atoms with Gasteiger partial charge in [0.2, 0.25) is 0 Å². The molecular formula is C17H14N2O2. The number of hydrogen-bond acceptors (Lipinski definition) is 4. The summed E-state index contributed by atoms with van der Waals surface area (Å²) in [5, 5.41) is 11.9. The highest BCUT2D eigenvalue weighted by Crippen LogP contribution is 2.14. The monoisotopic (exact) mass is 278 g/mol. The molecule has 2 aromatic rings. The lowest BCUT2D eigenvalue weighted by molar-refractivity contribution is 0.104. The van der Waals surface area contributed by atoms with Crippen LogP contribution >= 0.6 is 0 Å². The molecule has 4 nitrogen and oxygen atoms in total. The van der Waals surface area contributed by atoms with E-state index in [0.717, 1.165) is 0 Å². The van der Waals surface area contributed by atoms with E-state index >= 15 is 0 Å². The molecule has 0 radical (unpaired) electrons. The summed E-state index contributed by atoms with van der Waals surface area (Å²) in [5.41, 5.74) is 1.76. The molecule has 4 heteroatoms. The number of nitrogens with zero attached hydrogens (tertiary/aromatic N) is 1. The van der Waals surface area contributed by atoms with Crippen LogP contribution in [0.2, 0.25) is 0 Å². The average molecular weight is 278 g/mol. The smallest absolute Gasteiger partial charge is 0.187 e. The van der Waals surface area contributed by atoms with Gasteiger partial charge >= 0.3 is 0 Å². The molecule has 0 spiro atoms. The highest BCUT2D eigenvalue weighted by Gasteiger charge is 2.02. The minimum atomic E-state index is -0.125. The van der Waals surface area contributed by atoms with E-state index in [1.165, 1.54) is 12.3 Å². The molecule has 104 valence electrons. The molecule has 21 heavy (non-hydrogen) atoms. The molecular weight excluding hydrogens is 264 g/mol. The van der Waals surface area contributed by atoms with Crippen molar-refractivity contribution in [1.82, 2.24) is 0 Å². The molecule has 0 atom stereocenters. The van der Waals surface area contributed by atoms with Crippen LogP contribution in [0.3, 0.4) is 0 Å². The third-order valence-electron chi connectivity index (χ3n) is 2.90. The van der Waals surface area contributed by atoms with Crippen molar-refractivity contribution in [3.05, 3.63) is 71.9 Å². The van der Waals surface area contributed by atoms with Crippen molar-refractivity contribution < 1.29 is 9.53 Å². The third-order valence-corrected chi connectivity index (χ3v) is 2.90. The Labute approximate surface area is 123 Å². The van der Waals surface area contributed by atoms with Crippen molar-refractivity contribution in [3.63, 3.8) is 0 Å². The number of para-hydroxylation sites is 1. The summed E-state index contributed by atoms with van der Waals surface area (Å²) in [7, 11) is 1.58. The molecule has 0 heterocycles. The van der Waals surface area contributed by atoms with Crippen LogP contribution in [0.5, 0.6) is 5.75 Å². The fourth-order valence-corrected chi connectivity index (χ4v) is 1.77. The van der Waals surface area contributed by atoms with E-state index in [1.54, 1.807) is 49.6 Å². The number of carbonyl (C=O) groups is 1. The van der Waals surface area contributed by atoms with Crippen molar-refractivity contribution in [2.45, 2.75) is 0 Å². The summed E-state index contributed by atoms with van der Waals surface area (Å²) in [6, 6.07) is 16.1. The second-order valence-corrected chi connectivity index (χ2v) is 4.23. The number of nitrogens with one attached hydrogen (secondary N) is 1. The molecule has 0 saturated carbocycles. The van der Waals surface area contributed by atoms with Gasteiger partial charge in [0.25, 0.3) is 0 Å². The number of anilines is 1. The Morgan fingerprint density at radius 1 is 1.19 bits per heavy atom. The van der Waals surface area contributed by atoms with Gasteiger partial charge in [0.05, 0.1) is 18.4 Å². The molecule has 1 N–H and O–H groups in total. The molecule has 0 bridgehead atoms. The lowest BCUT2D eigenvalue weighted by Gasteiger charge is -2.02. The van der Waals surface area contributed by atoms with Crippen LogP contribution < -0.4 is 10.1 Å². The zero-order chi connectivity index (χ0) is 15.1. The lowest BCUT2D eigenvalue weighted by atomic mass is 10.1. The van der Waals surface area contributed by atoms with Crippen LogP contribution in [-0.2, 0) is 0 Å². The molecule has 0 fully saturated rings. The molecule has 2 rings (SSSR count). The SMILES string of the molecule is COc1ccc(C(=O)/C=C/Nc2ccccc2C#N)cc1. The molecule has 2 aromatic carbocycles. The van der Waals surface area contributed by atoms with Crippen molar-refractivity contribution in [2.75, 3.05) is 12.4 Å². The van der Waals surface area contributed by atoms with Gasteiger partial charge in [0.15, 0.2) is 5.78 Å². The van der Waals surface area contributed by atoms with Crippen LogP contribution in [0.25, 0.3) is 0 Å². The summed E-state index contributed by atoms with van der Waals surface area (Å²) >= 11 is 0. The Morgan fingerprint density at radius 3 is 2.57 bits per heavy atom. The maximum Gasteiger partial charge on any atom is 0.187 e. The fraction of sp³-hybridized carbons (Fsp3) is 0.0588. The predicted octanol–water partition coefficient (Wildman–Crippen LogP) is 3.38. The number of ketones is 1. The lowest BCUT2D eigenvalue weighted by Crippen LogP contribution is -1.97. The van der Waals surface area contributed by atoms with Gasteiger partial charge in [-0.2, -0.15) is 5.26 Å². The minimum absolute atomic E-state index is 0.125. The number of rotatable bonds is 5. The fourth-order valence-electron chi connectivity index (χ4n) is 1.77. The molecule has 0 aliphatic heterocycles. The van der Waals surface area contributed by atoms with Crippen LogP contribution in [0, 0.1) is 11.3 Å². The van der Waals surface area contributed by atoms with Crippen molar-refractivity contribution in [2.24, 2.45) is 0 Å². The average Bonchev–Trinajstić information content (AvgIpc) is 2.55. The van der Waals surface area contributed by atoms with Crippen LogP contribution in [0.1, 0.15) is 15.9 Å². The Hall–Kier alpha value is -3.06. The number of hydrogen-bond donors (Lipinski definition) is 1. The largest absolute Gasteiger partial charge is 0.497 e. The first kappa shape index (κ1) is 14.4. The van der Waals surface area contributed by atoms with E-state index in [1.807, 2.05) is 6.07 Å². The highest BCUT2D eigenvalue weighted by molar-refractivity contribution is 6.04. The molecule has 0 saturated heterocycles. The second-order valence-electron chi connectivity index (χ2n) is 4.23. The summed E-state index contributed by atoms with van der Waals surface area (Å²) in [4.78, 5) is 12.0. The quantitative estimate of drug-likeness (QED) is 0.672. The van der Waals surface area contributed by atoms with Crippen LogP contribution in [-0.4, -0.2) is 12.9 Å². The van der Waals surface area contributed by atoms with Gasteiger partial charge in [-0.05, 0) is 36.4 Å². The van der Waals surface area contributed by atoms with E-state index in [2.05, 4.69) is 11.4 Å². The van der Waals surface area contributed by atoms with Gasteiger partial charge in [-0.1, -0.05) is 12.1 Å². The number of carbonyl (C=O) groups excluding carboxylic acids is 1. The van der Waals surface area contributed by atoms with E-state index in [-0.39, 0.29) is 5.78 Å². The zero-order valence-electron chi connectivity index (χ0n) is 11.5. The van der Waals surface area contributed by atoms with Crippen molar-refractivity contribution in [1.29, 1.82) is 5.26 Å². The van der Waals surface area contributed by atoms with Gasteiger partial charge < -0.3 is 10.1 Å². The molecule has 0 amide bonds. The number of ether oxygens (including phenoxy) is 1. The first-order valence-electron chi connectivity index (χ1n) is 6.35. The first-order valence-corrected chi connectivity index (χ1v) is 6.35. The zero-order valence-corrected chi connectivity index (χ0v) is 11.5. The number of benzene rings is 2. The predicted molar refractivity (Wildman–Crippen MR) is 81.2 cm³/mol. The number of allylic oxidation sites excluding steroid dienone is 1. The maximum absolute atomic E-state index is 12.0. The number of nitriles is 1. The Kier molecular flexibility index (Phi) is 4.73. The maximum atomic E-state index is 12.0. The molecule has 0 aromatic heterocycles. The minimum Gasteiger partial charge on any atom is -0.497 e. The summed E-state index contributed by atoms with van der Waals surface area (Å²) in [6.45, 7) is 0. The Bertz CT molecular complexity index is 697. The van der Waals surface area contributed by atoms with Crippen LogP contribution in [0.15, 0.2) is 60.8 Å². The standard InChI is InChI=1S/C17H14N2O2/c1-21-15-8-6-13(7-9-15)17(20)10-11-19-16-5-3-2-4-14(16)12-18/h2-11,19H,1H3/b11-10+. The summed E-state index contributed by atoms with van der Waals surface area (Å²) in [5.74, 6) is 0.580. The number of methoxy groups -OCH3 is 1. The van der Waals surface area contributed by atoms with Gasteiger partial charge in [0.1, 0.15) is 11.8 Å². The first-order chi connectivity index (χ1) is 10.2. The van der Waals surface area contributed by atoms with E-state index < -0.39 is 0 Å². The van der Waals surface area contributed by atoms with Gasteiger partial charge in [-0.3, -0.25) is 4.79 Å². The Morgan fingerprint density at radius 2 is 1.90 bits per heavy atom. The van der Waals surface area contributed by atoms with E-state index in [9.17, 15) is 4.79 Å². The molecule has 0 aliphatic carbocycles. The van der Waals surface area contributed by atoms with Crippen LogP contribution in [0.4, 0.5) is 5.69 Å². The van der Waals surface area contributed by atoms with Gasteiger partial charge in [-0.25, -0.2) is 0 Å². The van der Waals surface area contributed by atoms with Crippen molar-refractivity contribution in [3.8, 4) is 11.8 Å².